The quantitative estimate of drug-likeness (QED) is 0.884. The number of hydrogen-bond donors (Lipinski definition) is 2. The Kier molecular flexibility index (Phi) is 4.60. The molecular weight excluding hydrogens is 284 g/mol. The molecule has 2 aromatic rings. The van der Waals surface area contributed by atoms with Crippen LogP contribution in [0.3, 0.4) is 0 Å². The van der Waals surface area contributed by atoms with E-state index in [0.29, 0.717) is 17.7 Å². The zero-order valence-corrected chi connectivity index (χ0v) is 12.7. The number of carboxylic acids is 1. The molecule has 0 saturated carbocycles. The van der Waals surface area contributed by atoms with Crippen LogP contribution in [-0.4, -0.2) is 22.0 Å². The number of aromatic nitrogens is 1. The Morgan fingerprint density at radius 1 is 1.32 bits per heavy atom. The number of carbonyl (C=O) groups excluding carboxylic acids is 1. The van der Waals surface area contributed by atoms with Crippen molar-refractivity contribution in [1.82, 2.24) is 10.3 Å². The van der Waals surface area contributed by atoms with Gasteiger partial charge in [-0.25, -0.2) is 9.78 Å². The predicted octanol–water partition coefficient (Wildman–Crippen LogP) is 2.41. The Balaban J connectivity index is 2.27. The number of nitrogens with zero attached hydrogens (tertiary/aromatic N) is 1. The highest BCUT2D eigenvalue weighted by Crippen LogP contribution is 2.19. The lowest BCUT2D eigenvalue weighted by Gasteiger charge is -2.15. The molecule has 1 aromatic carbocycles. The lowest BCUT2D eigenvalue weighted by molar-refractivity contribution is -0.139. The highest BCUT2D eigenvalue weighted by molar-refractivity contribution is 5.96. The monoisotopic (exact) mass is 302 g/mol. The molecule has 0 radical (unpaired) electrons. The standard InChI is InChI=1S/C16H18N2O4/c1-4-12-14(17-8-22-12)15(19)18-13(16(20)21)11-6-5-9(2)10(3)7-11/h5-8,13H,4H2,1-3H3,(H,18,19)(H,20,21). The number of carbonyl (C=O) groups is 2. The summed E-state index contributed by atoms with van der Waals surface area (Å²) in [6.07, 6.45) is 1.68. The SMILES string of the molecule is CCc1ocnc1C(=O)NC(C(=O)O)c1ccc(C)c(C)c1. The summed E-state index contributed by atoms with van der Waals surface area (Å²) in [5.41, 5.74) is 2.67. The van der Waals surface area contributed by atoms with Crippen molar-refractivity contribution in [3.05, 3.63) is 52.7 Å². The number of benzene rings is 1. The van der Waals surface area contributed by atoms with Crippen molar-refractivity contribution in [3.63, 3.8) is 0 Å². The van der Waals surface area contributed by atoms with Crippen LogP contribution in [0.4, 0.5) is 0 Å². The maximum Gasteiger partial charge on any atom is 0.330 e. The fourth-order valence-corrected chi connectivity index (χ4v) is 2.14. The van der Waals surface area contributed by atoms with Crippen molar-refractivity contribution in [1.29, 1.82) is 0 Å². The van der Waals surface area contributed by atoms with Crippen LogP contribution in [-0.2, 0) is 11.2 Å². The molecule has 2 N–H and O–H groups in total. The molecule has 116 valence electrons. The minimum absolute atomic E-state index is 0.123. The number of aryl methyl sites for hydroxylation is 3. The van der Waals surface area contributed by atoms with Gasteiger partial charge >= 0.3 is 5.97 Å². The van der Waals surface area contributed by atoms with Crippen molar-refractivity contribution < 1.29 is 19.1 Å². The number of aliphatic carboxylic acids is 1. The Morgan fingerprint density at radius 2 is 2.05 bits per heavy atom. The van der Waals surface area contributed by atoms with Gasteiger partial charge in [0.15, 0.2) is 18.1 Å². The molecule has 0 spiro atoms. The van der Waals surface area contributed by atoms with Crippen LogP contribution in [0.25, 0.3) is 0 Å². The first kappa shape index (κ1) is 15.8. The minimum atomic E-state index is -1.13. The van der Waals surface area contributed by atoms with Crippen molar-refractivity contribution in [2.75, 3.05) is 0 Å². The van der Waals surface area contributed by atoms with Gasteiger partial charge in [0.25, 0.3) is 5.91 Å². The summed E-state index contributed by atoms with van der Waals surface area (Å²) in [7, 11) is 0. The highest BCUT2D eigenvalue weighted by atomic mass is 16.4. The summed E-state index contributed by atoms with van der Waals surface area (Å²) >= 11 is 0. The average molecular weight is 302 g/mol. The van der Waals surface area contributed by atoms with Crippen LogP contribution in [0.1, 0.15) is 45.9 Å². The van der Waals surface area contributed by atoms with E-state index >= 15 is 0 Å². The molecule has 6 heteroatoms. The Hall–Kier alpha value is -2.63. The van der Waals surface area contributed by atoms with Gasteiger partial charge in [-0.15, -0.1) is 0 Å². The largest absolute Gasteiger partial charge is 0.479 e. The Bertz CT molecular complexity index is 706. The molecule has 0 saturated heterocycles. The number of nitrogens with one attached hydrogen (secondary N) is 1. The molecule has 1 amide bonds. The van der Waals surface area contributed by atoms with E-state index in [1.54, 1.807) is 12.1 Å². The van der Waals surface area contributed by atoms with Crippen molar-refractivity contribution in [2.45, 2.75) is 33.2 Å². The Morgan fingerprint density at radius 3 is 2.64 bits per heavy atom. The highest BCUT2D eigenvalue weighted by Gasteiger charge is 2.25. The second-order valence-electron chi connectivity index (χ2n) is 5.07. The van der Waals surface area contributed by atoms with E-state index in [4.69, 9.17) is 4.42 Å². The third kappa shape index (κ3) is 3.16. The first-order valence-corrected chi connectivity index (χ1v) is 6.97. The second kappa shape index (κ2) is 6.43. The zero-order chi connectivity index (χ0) is 16.3. The number of hydrogen-bond acceptors (Lipinski definition) is 4. The predicted molar refractivity (Wildman–Crippen MR) is 79.6 cm³/mol. The van der Waals surface area contributed by atoms with Gasteiger partial charge in [0.05, 0.1) is 0 Å². The van der Waals surface area contributed by atoms with Crippen LogP contribution in [0.15, 0.2) is 29.0 Å². The lowest BCUT2D eigenvalue weighted by Crippen LogP contribution is -2.34. The second-order valence-corrected chi connectivity index (χ2v) is 5.07. The van der Waals surface area contributed by atoms with Gasteiger partial charge in [0.1, 0.15) is 5.76 Å². The number of rotatable bonds is 5. The summed E-state index contributed by atoms with van der Waals surface area (Å²) in [4.78, 5) is 27.6. The summed E-state index contributed by atoms with van der Waals surface area (Å²) in [6.45, 7) is 5.66. The van der Waals surface area contributed by atoms with Crippen molar-refractivity contribution >= 4 is 11.9 Å². The zero-order valence-electron chi connectivity index (χ0n) is 12.7. The van der Waals surface area contributed by atoms with E-state index in [2.05, 4.69) is 10.3 Å². The van der Waals surface area contributed by atoms with Gasteiger partial charge in [0, 0.05) is 6.42 Å². The smallest absolute Gasteiger partial charge is 0.330 e. The normalized spacial score (nSPS) is 12.0. The van der Waals surface area contributed by atoms with Crippen LogP contribution in [0.5, 0.6) is 0 Å². The van der Waals surface area contributed by atoms with E-state index in [0.717, 1.165) is 11.1 Å². The molecular formula is C16H18N2O4. The average Bonchev–Trinajstić information content (AvgIpc) is 2.96. The van der Waals surface area contributed by atoms with Gasteiger partial charge in [-0.2, -0.15) is 0 Å². The molecule has 1 unspecified atom stereocenters. The topological polar surface area (TPSA) is 92.4 Å². The Labute approximate surface area is 128 Å². The summed E-state index contributed by atoms with van der Waals surface area (Å²) in [6, 6.07) is 4.16. The molecule has 0 aliphatic rings. The van der Waals surface area contributed by atoms with Crippen LogP contribution >= 0.6 is 0 Å². The van der Waals surface area contributed by atoms with Gasteiger partial charge in [-0.1, -0.05) is 25.1 Å². The molecule has 1 heterocycles. The van der Waals surface area contributed by atoms with Crippen molar-refractivity contribution in [2.24, 2.45) is 0 Å². The van der Waals surface area contributed by atoms with Gasteiger partial charge in [-0.3, -0.25) is 4.79 Å². The molecule has 22 heavy (non-hydrogen) atoms. The molecule has 6 nitrogen and oxygen atoms in total. The molecule has 0 bridgehead atoms. The summed E-state index contributed by atoms with van der Waals surface area (Å²) < 4.78 is 5.10. The minimum Gasteiger partial charge on any atom is -0.479 e. The first-order chi connectivity index (χ1) is 10.4. The van der Waals surface area contributed by atoms with Gasteiger partial charge in [0.2, 0.25) is 0 Å². The molecule has 0 aliphatic carbocycles. The lowest BCUT2D eigenvalue weighted by atomic mass is 10.0. The molecule has 0 fully saturated rings. The molecule has 1 atom stereocenters. The van der Waals surface area contributed by atoms with E-state index in [-0.39, 0.29) is 5.69 Å². The van der Waals surface area contributed by atoms with E-state index in [1.807, 2.05) is 26.8 Å². The van der Waals surface area contributed by atoms with Gasteiger partial charge in [-0.05, 0) is 30.5 Å². The van der Waals surface area contributed by atoms with E-state index in [1.165, 1.54) is 6.39 Å². The number of carboxylic acid groups (broad SMARTS) is 1. The fraction of sp³-hybridized carbons (Fsp3) is 0.312. The van der Waals surface area contributed by atoms with Crippen LogP contribution in [0, 0.1) is 13.8 Å². The maximum absolute atomic E-state index is 12.2. The maximum atomic E-state index is 12.2. The van der Waals surface area contributed by atoms with Crippen LogP contribution < -0.4 is 5.32 Å². The number of amides is 1. The summed E-state index contributed by atoms with van der Waals surface area (Å²) in [5, 5.41) is 11.9. The van der Waals surface area contributed by atoms with Crippen LogP contribution in [0.2, 0.25) is 0 Å². The van der Waals surface area contributed by atoms with Gasteiger partial charge < -0.3 is 14.8 Å². The van der Waals surface area contributed by atoms with E-state index < -0.39 is 17.9 Å². The summed E-state index contributed by atoms with van der Waals surface area (Å²) in [5.74, 6) is -1.25. The fourth-order valence-electron chi connectivity index (χ4n) is 2.14. The molecule has 1 aromatic heterocycles. The first-order valence-electron chi connectivity index (χ1n) is 6.97. The third-order valence-electron chi connectivity index (χ3n) is 3.56. The number of oxazole rings is 1. The van der Waals surface area contributed by atoms with E-state index in [9.17, 15) is 14.7 Å². The molecule has 2 rings (SSSR count). The molecule has 0 aliphatic heterocycles. The van der Waals surface area contributed by atoms with Crippen molar-refractivity contribution in [3.8, 4) is 0 Å². The third-order valence-corrected chi connectivity index (χ3v) is 3.56.